The molecule has 1 N–H and O–H groups in total. The van der Waals surface area contributed by atoms with Crippen LogP contribution >= 0.6 is 11.6 Å². The third kappa shape index (κ3) is 3.01. The van der Waals surface area contributed by atoms with Crippen molar-refractivity contribution in [1.82, 2.24) is 5.16 Å². The molecule has 2 unspecified atom stereocenters. The number of nitrogens with zero attached hydrogens (tertiary/aromatic N) is 1. The fraction of sp³-hybridized carbons (Fsp3) is 0.250. The summed E-state index contributed by atoms with van der Waals surface area (Å²) in [5.41, 5.74) is 5.40. The molecule has 0 saturated heterocycles. The Labute approximate surface area is 179 Å². The molecule has 5 nitrogen and oxygen atoms in total. The molecule has 1 aromatic heterocycles. The van der Waals surface area contributed by atoms with Crippen LogP contribution in [0.25, 0.3) is 0 Å². The number of carbonyl (C=O) groups excluding carboxylic acids is 1. The van der Waals surface area contributed by atoms with Gasteiger partial charge >= 0.3 is 0 Å². The van der Waals surface area contributed by atoms with Crippen molar-refractivity contribution in [2.24, 2.45) is 0 Å². The fourth-order valence-electron chi connectivity index (χ4n) is 4.66. The van der Waals surface area contributed by atoms with Crippen molar-refractivity contribution in [2.45, 2.75) is 31.6 Å². The molecule has 0 radical (unpaired) electrons. The number of hydrogen-bond acceptors (Lipinski definition) is 5. The number of aryl methyl sites for hydroxylation is 1. The summed E-state index contributed by atoms with van der Waals surface area (Å²) in [6.07, 6.45) is 1.17. The van der Waals surface area contributed by atoms with Crippen LogP contribution in [0.3, 0.4) is 0 Å². The maximum Gasteiger partial charge on any atom is 0.233 e. The molecule has 0 amide bonds. The first kappa shape index (κ1) is 18.9. The molecule has 2 aromatic carbocycles. The lowest BCUT2D eigenvalue weighted by Crippen LogP contribution is -2.29. The van der Waals surface area contributed by atoms with Gasteiger partial charge in [0.1, 0.15) is 5.75 Å². The Bertz CT molecular complexity index is 1160. The van der Waals surface area contributed by atoms with Crippen LogP contribution < -0.4 is 10.1 Å². The van der Waals surface area contributed by atoms with E-state index in [2.05, 4.69) is 10.5 Å². The first-order chi connectivity index (χ1) is 14.6. The van der Waals surface area contributed by atoms with Crippen LogP contribution in [0, 0.1) is 6.92 Å². The molecule has 2 aliphatic rings. The molecule has 2 heterocycles. The van der Waals surface area contributed by atoms with Crippen molar-refractivity contribution in [3.8, 4) is 5.75 Å². The van der Waals surface area contributed by atoms with Crippen LogP contribution in [0.1, 0.15) is 47.1 Å². The minimum Gasteiger partial charge on any atom is -0.496 e. The van der Waals surface area contributed by atoms with Crippen molar-refractivity contribution in [1.29, 1.82) is 0 Å². The van der Waals surface area contributed by atoms with E-state index in [1.54, 1.807) is 7.11 Å². The zero-order valence-corrected chi connectivity index (χ0v) is 17.5. The molecule has 0 spiro atoms. The van der Waals surface area contributed by atoms with E-state index in [0.29, 0.717) is 23.7 Å². The van der Waals surface area contributed by atoms with Gasteiger partial charge in [-0.1, -0.05) is 47.1 Å². The highest BCUT2D eigenvalue weighted by molar-refractivity contribution is 6.30. The average molecular weight is 421 g/mol. The monoisotopic (exact) mass is 420 g/mol. The number of benzene rings is 2. The summed E-state index contributed by atoms with van der Waals surface area (Å²) in [4.78, 5) is 13.5. The van der Waals surface area contributed by atoms with E-state index in [9.17, 15) is 4.79 Å². The highest BCUT2D eigenvalue weighted by Gasteiger charge is 2.42. The van der Waals surface area contributed by atoms with Gasteiger partial charge in [-0.05, 0) is 43.0 Å². The molecule has 5 rings (SSSR count). The van der Waals surface area contributed by atoms with Crippen molar-refractivity contribution in [3.05, 3.63) is 87.2 Å². The average Bonchev–Trinajstić information content (AvgIpc) is 3.13. The number of carbonyl (C=O) groups is 1. The lowest BCUT2D eigenvalue weighted by molar-refractivity contribution is -0.116. The van der Waals surface area contributed by atoms with Crippen LogP contribution in [-0.2, 0) is 4.79 Å². The number of ether oxygens (including phenoxy) is 1. The minimum absolute atomic E-state index is 0.0879. The highest BCUT2D eigenvalue weighted by atomic mass is 35.5. The van der Waals surface area contributed by atoms with Crippen molar-refractivity contribution < 1.29 is 14.1 Å². The number of halogens is 1. The zero-order valence-electron chi connectivity index (χ0n) is 16.7. The summed E-state index contributed by atoms with van der Waals surface area (Å²) in [7, 11) is 1.65. The Morgan fingerprint density at radius 3 is 2.67 bits per heavy atom. The summed E-state index contributed by atoms with van der Waals surface area (Å²) in [5.74, 6) is 1.30. The molecule has 30 heavy (non-hydrogen) atoms. The van der Waals surface area contributed by atoms with Crippen LogP contribution in [0.5, 0.6) is 5.75 Å². The number of para-hydroxylation sites is 1. The summed E-state index contributed by atoms with van der Waals surface area (Å²) in [6.45, 7) is 1.90. The molecular weight excluding hydrogens is 400 g/mol. The standard InChI is InChI=1S/C24H21ClN2O3/c1-13-21-22(17-5-3-4-6-20(17)29-2)23-18(26-24(21)30-27-13)11-15(12-19(23)28)14-7-9-16(25)10-8-14/h3-10,15,22,26H,11-12H2,1-2H3. The van der Waals surface area contributed by atoms with E-state index < -0.39 is 0 Å². The molecule has 2 atom stereocenters. The topological polar surface area (TPSA) is 64.4 Å². The molecule has 3 aromatic rings. The van der Waals surface area contributed by atoms with Crippen molar-refractivity contribution in [3.63, 3.8) is 0 Å². The number of allylic oxidation sites excluding steroid dienone is 2. The number of anilines is 1. The maximum atomic E-state index is 13.5. The van der Waals surface area contributed by atoms with E-state index in [0.717, 1.165) is 39.4 Å². The predicted molar refractivity (Wildman–Crippen MR) is 115 cm³/mol. The third-order valence-electron chi connectivity index (χ3n) is 6.05. The largest absolute Gasteiger partial charge is 0.496 e. The van der Waals surface area contributed by atoms with Gasteiger partial charge in [-0.25, -0.2) is 0 Å². The number of methoxy groups -OCH3 is 1. The normalized spacial score (nSPS) is 20.4. The van der Waals surface area contributed by atoms with Gasteiger partial charge in [0.15, 0.2) is 5.78 Å². The first-order valence-corrected chi connectivity index (χ1v) is 10.3. The van der Waals surface area contributed by atoms with E-state index in [1.807, 2.05) is 55.5 Å². The molecule has 152 valence electrons. The quantitative estimate of drug-likeness (QED) is 0.597. The fourth-order valence-corrected chi connectivity index (χ4v) is 4.78. The molecule has 0 saturated carbocycles. The second-order valence-electron chi connectivity index (χ2n) is 7.78. The van der Waals surface area contributed by atoms with Crippen LogP contribution in [0.15, 0.2) is 64.3 Å². The Balaban J connectivity index is 1.64. The smallest absolute Gasteiger partial charge is 0.233 e. The second-order valence-corrected chi connectivity index (χ2v) is 8.22. The number of fused-ring (bicyclic) bond motifs is 1. The SMILES string of the molecule is COc1ccccc1C1C2=C(CC(c3ccc(Cl)cc3)CC2=O)Nc2onc(C)c21. The minimum atomic E-state index is -0.266. The first-order valence-electron chi connectivity index (χ1n) is 9.94. The number of nitrogens with one attached hydrogen (secondary N) is 1. The maximum absolute atomic E-state index is 13.5. The predicted octanol–water partition coefficient (Wildman–Crippen LogP) is 5.60. The van der Waals surface area contributed by atoms with E-state index >= 15 is 0 Å². The Morgan fingerprint density at radius 1 is 1.13 bits per heavy atom. The van der Waals surface area contributed by atoms with E-state index in [4.69, 9.17) is 20.9 Å². The zero-order chi connectivity index (χ0) is 20.8. The van der Waals surface area contributed by atoms with Gasteiger partial charge in [0.25, 0.3) is 0 Å². The Kier molecular flexibility index (Phi) is 4.63. The van der Waals surface area contributed by atoms with Gasteiger partial charge in [0, 0.05) is 28.3 Å². The Morgan fingerprint density at radius 2 is 1.90 bits per heavy atom. The van der Waals surface area contributed by atoms with Gasteiger partial charge < -0.3 is 14.6 Å². The lowest BCUT2D eigenvalue weighted by Gasteiger charge is -2.34. The molecule has 1 aliphatic carbocycles. The summed E-state index contributed by atoms with van der Waals surface area (Å²) in [6, 6.07) is 15.6. The highest BCUT2D eigenvalue weighted by Crippen LogP contribution is 2.50. The molecule has 0 bridgehead atoms. The number of rotatable bonds is 3. The van der Waals surface area contributed by atoms with Gasteiger partial charge in [0.05, 0.1) is 24.3 Å². The molecular formula is C24H21ClN2O3. The Hall–Kier alpha value is -3.05. The van der Waals surface area contributed by atoms with Gasteiger partial charge in [-0.15, -0.1) is 0 Å². The van der Waals surface area contributed by atoms with Crippen LogP contribution in [-0.4, -0.2) is 18.0 Å². The summed E-state index contributed by atoms with van der Waals surface area (Å²) < 4.78 is 11.2. The molecule has 1 aliphatic heterocycles. The lowest BCUT2D eigenvalue weighted by atomic mass is 9.72. The van der Waals surface area contributed by atoms with Gasteiger partial charge in [-0.3, -0.25) is 4.79 Å². The van der Waals surface area contributed by atoms with E-state index in [1.165, 1.54) is 0 Å². The number of hydrogen-bond donors (Lipinski definition) is 1. The van der Waals surface area contributed by atoms with E-state index in [-0.39, 0.29) is 17.6 Å². The molecule has 0 fully saturated rings. The van der Waals surface area contributed by atoms with Crippen LogP contribution in [0.2, 0.25) is 5.02 Å². The summed E-state index contributed by atoms with van der Waals surface area (Å²) >= 11 is 6.04. The van der Waals surface area contributed by atoms with Gasteiger partial charge in [0.2, 0.25) is 5.88 Å². The number of ketones is 1. The van der Waals surface area contributed by atoms with Crippen molar-refractivity contribution in [2.75, 3.05) is 12.4 Å². The van der Waals surface area contributed by atoms with Gasteiger partial charge in [-0.2, -0.15) is 0 Å². The van der Waals surface area contributed by atoms with Crippen LogP contribution in [0.4, 0.5) is 5.88 Å². The van der Waals surface area contributed by atoms with Crippen molar-refractivity contribution >= 4 is 23.3 Å². The second kappa shape index (κ2) is 7.33. The third-order valence-corrected chi connectivity index (χ3v) is 6.30. The molecule has 6 heteroatoms. The summed E-state index contributed by atoms with van der Waals surface area (Å²) in [5, 5.41) is 8.22. The number of aromatic nitrogens is 1. The number of Topliss-reactive ketones (excluding diaryl/α,β-unsaturated/α-hetero) is 1.